The number of piperidine rings is 1. The third kappa shape index (κ3) is 1.65. The van der Waals surface area contributed by atoms with Gasteiger partial charge in [-0.3, -0.25) is 4.55 Å². The Bertz CT molecular complexity index is 372. The maximum absolute atomic E-state index is 11.8. The molecule has 0 bridgehead atoms. The van der Waals surface area contributed by atoms with Gasteiger partial charge in [-0.1, -0.05) is 41.5 Å². The minimum atomic E-state index is -1.94. The highest BCUT2D eigenvalue weighted by Gasteiger charge is 2.65. The molecule has 1 aliphatic heterocycles. The molecule has 0 radical (unpaired) electrons. The van der Waals surface area contributed by atoms with Crippen molar-refractivity contribution in [2.75, 3.05) is 0 Å². The fourth-order valence-electron chi connectivity index (χ4n) is 3.48. The van der Waals surface area contributed by atoms with Crippen LogP contribution in [0.3, 0.4) is 0 Å². The highest BCUT2D eigenvalue weighted by atomic mass is 32.2. The molecule has 1 aliphatic rings. The Kier molecular flexibility index (Phi) is 3.61. The molecule has 0 saturated carbocycles. The van der Waals surface area contributed by atoms with Crippen molar-refractivity contribution in [1.29, 1.82) is 0 Å². The predicted molar refractivity (Wildman–Crippen MR) is 77.5 cm³/mol. The number of rotatable bonds is 1. The van der Waals surface area contributed by atoms with Crippen molar-refractivity contribution in [3.05, 3.63) is 0 Å². The predicted octanol–water partition coefficient (Wildman–Crippen LogP) is 3.68. The monoisotopic (exact) mass is 275 g/mol. The Balaban J connectivity index is 3.54. The molecule has 1 fully saturated rings. The Hall–Kier alpha value is 0.0700. The van der Waals surface area contributed by atoms with Crippen molar-refractivity contribution >= 4 is 11.3 Å². The van der Waals surface area contributed by atoms with Crippen molar-refractivity contribution in [2.45, 2.75) is 73.9 Å². The Labute approximate surface area is 115 Å². The molecule has 108 valence electrons. The summed E-state index contributed by atoms with van der Waals surface area (Å²) in [6.45, 7) is 19.6. The molecule has 1 N–H and O–H groups in total. The van der Waals surface area contributed by atoms with Crippen molar-refractivity contribution in [3.8, 4) is 0 Å². The van der Waals surface area contributed by atoms with E-state index in [2.05, 4.69) is 62.3 Å². The first-order valence-electron chi connectivity index (χ1n) is 6.63. The van der Waals surface area contributed by atoms with Crippen LogP contribution in [0, 0.1) is 16.2 Å². The van der Waals surface area contributed by atoms with Crippen LogP contribution in [-0.4, -0.2) is 24.6 Å². The van der Waals surface area contributed by atoms with Crippen LogP contribution in [0.4, 0.5) is 0 Å². The molecule has 3 nitrogen and oxygen atoms in total. The normalized spacial score (nSPS) is 35.1. The quantitative estimate of drug-likeness (QED) is 0.742. The Morgan fingerprint density at radius 1 is 0.944 bits per heavy atom. The summed E-state index contributed by atoms with van der Waals surface area (Å²) >= 11 is -1.94. The van der Waals surface area contributed by atoms with Gasteiger partial charge in [-0.05, 0) is 37.0 Å². The smallest absolute Gasteiger partial charge is 0.235 e. The van der Waals surface area contributed by atoms with Crippen LogP contribution in [-0.2, 0) is 11.3 Å². The second-order valence-electron chi connectivity index (χ2n) is 7.76. The van der Waals surface area contributed by atoms with E-state index < -0.39 is 11.3 Å². The lowest BCUT2D eigenvalue weighted by Gasteiger charge is -2.68. The molecule has 2 unspecified atom stereocenters. The average Bonchev–Trinajstić information content (AvgIpc) is 2.14. The highest BCUT2D eigenvalue weighted by Crippen LogP contribution is 2.63. The molecule has 18 heavy (non-hydrogen) atoms. The lowest BCUT2D eigenvalue weighted by atomic mass is 9.45. The zero-order valence-corrected chi connectivity index (χ0v) is 14.1. The first kappa shape index (κ1) is 16.1. The van der Waals surface area contributed by atoms with E-state index in [-0.39, 0.29) is 27.8 Å². The standard InChI is InChI=1S/C14H29NO2S/c1-10-11(2,3)12(4,5)13(6,7)14(8,9)15(10)18(16)17/h10H,1-9H3,(H,16,17). The van der Waals surface area contributed by atoms with E-state index in [1.807, 2.05) is 0 Å². The first-order valence-corrected chi connectivity index (χ1v) is 7.69. The third-order valence-corrected chi connectivity index (χ3v) is 7.93. The highest BCUT2D eigenvalue weighted by molar-refractivity contribution is 7.76. The van der Waals surface area contributed by atoms with E-state index >= 15 is 0 Å². The summed E-state index contributed by atoms with van der Waals surface area (Å²) < 4.78 is 23.3. The molecule has 0 aromatic rings. The van der Waals surface area contributed by atoms with Gasteiger partial charge in [0.05, 0.1) is 0 Å². The Morgan fingerprint density at radius 2 is 1.33 bits per heavy atom. The van der Waals surface area contributed by atoms with Crippen LogP contribution >= 0.6 is 0 Å². The second kappa shape index (κ2) is 4.03. The van der Waals surface area contributed by atoms with E-state index in [0.717, 1.165) is 0 Å². The van der Waals surface area contributed by atoms with Crippen LogP contribution in [0.1, 0.15) is 62.3 Å². The molecule has 0 aromatic carbocycles. The van der Waals surface area contributed by atoms with Gasteiger partial charge < -0.3 is 0 Å². The largest absolute Gasteiger partial charge is 0.294 e. The molecular formula is C14H29NO2S. The molecule has 0 aromatic heterocycles. The zero-order chi connectivity index (χ0) is 14.7. The van der Waals surface area contributed by atoms with Crippen LogP contribution in [0.25, 0.3) is 0 Å². The van der Waals surface area contributed by atoms with E-state index in [4.69, 9.17) is 0 Å². The summed E-state index contributed by atoms with van der Waals surface area (Å²) in [4.78, 5) is 0. The fraction of sp³-hybridized carbons (Fsp3) is 1.00. The minimum absolute atomic E-state index is 0.0429. The summed E-state index contributed by atoms with van der Waals surface area (Å²) in [6.07, 6.45) is 0. The van der Waals surface area contributed by atoms with Crippen LogP contribution < -0.4 is 0 Å². The van der Waals surface area contributed by atoms with Gasteiger partial charge in [-0.15, -0.1) is 0 Å². The van der Waals surface area contributed by atoms with E-state index in [1.54, 1.807) is 4.31 Å². The van der Waals surface area contributed by atoms with Crippen LogP contribution in [0.2, 0.25) is 0 Å². The molecule has 1 rings (SSSR count). The van der Waals surface area contributed by atoms with Gasteiger partial charge in [0.1, 0.15) is 0 Å². The van der Waals surface area contributed by atoms with Gasteiger partial charge in [-0.25, -0.2) is 4.21 Å². The molecule has 0 aliphatic carbocycles. The van der Waals surface area contributed by atoms with Gasteiger partial charge in [0, 0.05) is 11.6 Å². The number of nitrogens with zero attached hydrogens (tertiary/aromatic N) is 1. The molecule has 4 heteroatoms. The van der Waals surface area contributed by atoms with Crippen molar-refractivity contribution in [3.63, 3.8) is 0 Å². The first-order chi connectivity index (χ1) is 7.73. The van der Waals surface area contributed by atoms with Crippen LogP contribution in [0.5, 0.6) is 0 Å². The number of hydrogen-bond donors (Lipinski definition) is 1. The van der Waals surface area contributed by atoms with Gasteiger partial charge >= 0.3 is 0 Å². The van der Waals surface area contributed by atoms with Gasteiger partial charge in [0.2, 0.25) is 11.3 Å². The average molecular weight is 275 g/mol. The fourth-order valence-corrected chi connectivity index (χ4v) is 4.63. The van der Waals surface area contributed by atoms with Gasteiger partial charge in [0.15, 0.2) is 0 Å². The van der Waals surface area contributed by atoms with Gasteiger partial charge in [-0.2, -0.15) is 4.31 Å². The molecule has 1 saturated heterocycles. The summed E-state index contributed by atoms with van der Waals surface area (Å²) in [6, 6.07) is 0.0429. The summed E-state index contributed by atoms with van der Waals surface area (Å²) in [5.41, 5.74) is -0.428. The maximum Gasteiger partial charge on any atom is 0.235 e. The van der Waals surface area contributed by atoms with Crippen molar-refractivity contribution < 1.29 is 8.76 Å². The lowest BCUT2D eigenvalue weighted by Crippen LogP contribution is -2.73. The van der Waals surface area contributed by atoms with E-state index in [0.29, 0.717) is 0 Å². The number of hydrogen-bond acceptors (Lipinski definition) is 1. The molecule has 2 atom stereocenters. The van der Waals surface area contributed by atoms with Crippen LogP contribution in [0.15, 0.2) is 0 Å². The lowest BCUT2D eigenvalue weighted by molar-refractivity contribution is -0.179. The molecular weight excluding hydrogens is 246 g/mol. The third-order valence-electron chi connectivity index (χ3n) is 6.82. The van der Waals surface area contributed by atoms with Crippen molar-refractivity contribution in [2.24, 2.45) is 16.2 Å². The molecule has 0 spiro atoms. The molecule has 0 amide bonds. The Morgan fingerprint density at radius 3 is 1.67 bits per heavy atom. The second-order valence-corrected chi connectivity index (χ2v) is 8.62. The summed E-state index contributed by atoms with van der Waals surface area (Å²) in [5, 5.41) is 0. The molecule has 1 heterocycles. The topological polar surface area (TPSA) is 40.5 Å². The van der Waals surface area contributed by atoms with E-state index in [1.165, 1.54) is 0 Å². The maximum atomic E-state index is 11.8. The van der Waals surface area contributed by atoms with Crippen molar-refractivity contribution in [1.82, 2.24) is 4.31 Å². The van der Waals surface area contributed by atoms with E-state index in [9.17, 15) is 8.76 Å². The zero-order valence-electron chi connectivity index (χ0n) is 13.3. The summed E-state index contributed by atoms with van der Waals surface area (Å²) in [5.74, 6) is 0. The van der Waals surface area contributed by atoms with Gasteiger partial charge in [0.25, 0.3) is 0 Å². The SMILES string of the molecule is CC1N(S(=O)O)C(C)(C)C(C)(C)C(C)(C)C1(C)C. The summed E-state index contributed by atoms with van der Waals surface area (Å²) in [7, 11) is 0. The minimum Gasteiger partial charge on any atom is -0.294 e.